The number of aryl methyl sites for hydroxylation is 3. The van der Waals surface area contributed by atoms with E-state index in [9.17, 15) is 0 Å². The predicted molar refractivity (Wildman–Crippen MR) is 73.1 cm³/mol. The summed E-state index contributed by atoms with van der Waals surface area (Å²) in [6.07, 6.45) is 4.61. The molecule has 0 spiro atoms. The molecule has 2 aromatic carbocycles. The van der Waals surface area contributed by atoms with Gasteiger partial charge in [-0.25, -0.2) is 0 Å². The SMILES string of the molecule is CCc1ccc[c]c1CCCc1ccccc1. The molecular formula is C17H19. The van der Waals surface area contributed by atoms with E-state index in [1.807, 2.05) is 6.07 Å². The summed E-state index contributed by atoms with van der Waals surface area (Å²) in [5.41, 5.74) is 4.27. The summed E-state index contributed by atoms with van der Waals surface area (Å²) in [7, 11) is 0. The Morgan fingerprint density at radius 3 is 2.53 bits per heavy atom. The fourth-order valence-corrected chi connectivity index (χ4v) is 2.18. The van der Waals surface area contributed by atoms with Gasteiger partial charge in [0.05, 0.1) is 0 Å². The standard InChI is InChI=1S/C17H19/c1-2-16-12-6-7-13-17(16)14-8-11-15-9-4-3-5-10-15/h3-7,9-10,12H,2,8,11,14H2,1H3. The van der Waals surface area contributed by atoms with Crippen LogP contribution in [0, 0.1) is 6.07 Å². The zero-order valence-corrected chi connectivity index (χ0v) is 10.4. The molecule has 0 saturated heterocycles. The van der Waals surface area contributed by atoms with Gasteiger partial charge in [0.2, 0.25) is 0 Å². The van der Waals surface area contributed by atoms with Gasteiger partial charge in [-0.05, 0) is 48.4 Å². The topological polar surface area (TPSA) is 0 Å². The Labute approximate surface area is 104 Å². The van der Waals surface area contributed by atoms with E-state index in [-0.39, 0.29) is 0 Å². The molecule has 87 valence electrons. The van der Waals surface area contributed by atoms with Crippen LogP contribution in [-0.2, 0) is 19.3 Å². The fourth-order valence-electron chi connectivity index (χ4n) is 2.18. The van der Waals surface area contributed by atoms with E-state index >= 15 is 0 Å². The molecule has 0 bridgehead atoms. The normalized spacial score (nSPS) is 10.4. The van der Waals surface area contributed by atoms with Crippen LogP contribution in [0.3, 0.4) is 0 Å². The number of benzene rings is 2. The summed E-state index contributed by atoms with van der Waals surface area (Å²) in [5, 5.41) is 0. The predicted octanol–water partition coefficient (Wildman–Crippen LogP) is 4.22. The van der Waals surface area contributed by atoms with Gasteiger partial charge in [0.25, 0.3) is 0 Å². The average molecular weight is 223 g/mol. The lowest BCUT2D eigenvalue weighted by Crippen LogP contribution is -1.95. The lowest BCUT2D eigenvalue weighted by molar-refractivity contribution is 0.810. The van der Waals surface area contributed by atoms with Gasteiger partial charge in [-0.3, -0.25) is 0 Å². The van der Waals surface area contributed by atoms with Crippen molar-refractivity contribution in [1.29, 1.82) is 0 Å². The van der Waals surface area contributed by atoms with Crippen molar-refractivity contribution in [1.82, 2.24) is 0 Å². The first-order valence-corrected chi connectivity index (χ1v) is 6.42. The van der Waals surface area contributed by atoms with Crippen molar-refractivity contribution in [3.63, 3.8) is 0 Å². The molecule has 0 heterocycles. The average Bonchev–Trinajstić information content (AvgIpc) is 2.40. The molecule has 0 aromatic heterocycles. The van der Waals surface area contributed by atoms with Crippen molar-refractivity contribution < 1.29 is 0 Å². The Bertz CT molecular complexity index is 443. The molecule has 0 aliphatic rings. The highest BCUT2D eigenvalue weighted by molar-refractivity contribution is 5.26. The molecule has 0 aliphatic heterocycles. The van der Waals surface area contributed by atoms with Gasteiger partial charge in [0.1, 0.15) is 0 Å². The van der Waals surface area contributed by atoms with Crippen molar-refractivity contribution in [2.75, 3.05) is 0 Å². The maximum atomic E-state index is 3.37. The van der Waals surface area contributed by atoms with Crippen molar-refractivity contribution in [3.8, 4) is 0 Å². The summed E-state index contributed by atoms with van der Waals surface area (Å²) >= 11 is 0. The van der Waals surface area contributed by atoms with Crippen molar-refractivity contribution in [2.24, 2.45) is 0 Å². The van der Waals surface area contributed by atoms with Crippen molar-refractivity contribution >= 4 is 0 Å². The molecule has 0 nitrogen and oxygen atoms in total. The molecule has 0 saturated carbocycles. The minimum absolute atomic E-state index is 1.11. The molecule has 2 rings (SSSR count). The third kappa shape index (κ3) is 3.45. The summed E-state index contributed by atoms with van der Waals surface area (Å²) in [5.74, 6) is 0. The zero-order chi connectivity index (χ0) is 11.9. The smallest absolute Gasteiger partial charge is 0.0146 e. The van der Waals surface area contributed by atoms with Gasteiger partial charge >= 0.3 is 0 Å². The van der Waals surface area contributed by atoms with Crippen LogP contribution in [-0.4, -0.2) is 0 Å². The third-order valence-electron chi connectivity index (χ3n) is 3.15. The van der Waals surface area contributed by atoms with Crippen LogP contribution in [0.4, 0.5) is 0 Å². The number of hydrogen-bond acceptors (Lipinski definition) is 0. The fraction of sp³-hybridized carbons (Fsp3) is 0.294. The molecule has 0 fully saturated rings. The minimum Gasteiger partial charge on any atom is -0.0622 e. The van der Waals surface area contributed by atoms with Crippen LogP contribution in [0.15, 0.2) is 48.5 Å². The molecular weight excluding hydrogens is 204 g/mol. The maximum absolute atomic E-state index is 3.37. The first kappa shape index (κ1) is 11.9. The third-order valence-corrected chi connectivity index (χ3v) is 3.15. The Morgan fingerprint density at radius 1 is 0.941 bits per heavy atom. The summed E-state index contributed by atoms with van der Waals surface area (Å²) < 4.78 is 0. The first-order valence-electron chi connectivity index (χ1n) is 6.42. The Hall–Kier alpha value is -1.56. The van der Waals surface area contributed by atoms with E-state index in [2.05, 4.69) is 55.5 Å². The van der Waals surface area contributed by atoms with Gasteiger partial charge in [-0.2, -0.15) is 0 Å². The molecule has 0 aliphatic carbocycles. The van der Waals surface area contributed by atoms with Crippen LogP contribution in [0.5, 0.6) is 0 Å². The van der Waals surface area contributed by atoms with E-state index in [0.717, 1.165) is 19.3 Å². The number of rotatable bonds is 5. The zero-order valence-electron chi connectivity index (χ0n) is 10.4. The Balaban J connectivity index is 1.90. The monoisotopic (exact) mass is 223 g/mol. The van der Waals surface area contributed by atoms with Crippen LogP contribution in [0.1, 0.15) is 30.0 Å². The number of hydrogen-bond donors (Lipinski definition) is 0. The van der Waals surface area contributed by atoms with Gasteiger partial charge in [0.15, 0.2) is 0 Å². The molecule has 0 unspecified atom stereocenters. The van der Waals surface area contributed by atoms with Gasteiger partial charge in [-0.15, -0.1) is 0 Å². The van der Waals surface area contributed by atoms with Gasteiger partial charge < -0.3 is 0 Å². The Morgan fingerprint density at radius 2 is 1.76 bits per heavy atom. The molecule has 17 heavy (non-hydrogen) atoms. The highest BCUT2D eigenvalue weighted by atomic mass is 14.0. The van der Waals surface area contributed by atoms with E-state index in [1.54, 1.807) is 0 Å². The minimum atomic E-state index is 1.11. The van der Waals surface area contributed by atoms with Crippen molar-refractivity contribution in [3.05, 3.63) is 71.3 Å². The second-order valence-electron chi connectivity index (χ2n) is 4.37. The van der Waals surface area contributed by atoms with Crippen LogP contribution in [0.25, 0.3) is 0 Å². The molecule has 2 aromatic rings. The summed E-state index contributed by atoms with van der Waals surface area (Å²) in [6, 6.07) is 20.4. The molecule has 0 N–H and O–H groups in total. The summed E-state index contributed by atoms with van der Waals surface area (Å²) in [6.45, 7) is 2.21. The molecule has 1 radical (unpaired) electrons. The first-order chi connectivity index (χ1) is 8.40. The van der Waals surface area contributed by atoms with Crippen LogP contribution < -0.4 is 0 Å². The summed E-state index contributed by atoms with van der Waals surface area (Å²) in [4.78, 5) is 0. The van der Waals surface area contributed by atoms with E-state index in [1.165, 1.54) is 23.1 Å². The van der Waals surface area contributed by atoms with Gasteiger partial charge in [0, 0.05) is 0 Å². The maximum Gasteiger partial charge on any atom is -0.0146 e. The second-order valence-corrected chi connectivity index (χ2v) is 4.37. The molecule has 0 heteroatoms. The second kappa shape index (κ2) is 6.24. The van der Waals surface area contributed by atoms with E-state index < -0.39 is 0 Å². The van der Waals surface area contributed by atoms with E-state index in [4.69, 9.17) is 0 Å². The van der Waals surface area contributed by atoms with Crippen molar-refractivity contribution in [2.45, 2.75) is 32.6 Å². The highest BCUT2D eigenvalue weighted by Crippen LogP contribution is 2.13. The Kier molecular flexibility index (Phi) is 4.37. The molecule has 0 atom stereocenters. The van der Waals surface area contributed by atoms with Crippen LogP contribution in [0.2, 0.25) is 0 Å². The van der Waals surface area contributed by atoms with Gasteiger partial charge in [-0.1, -0.05) is 55.5 Å². The van der Waals surface area contributed by atoms with E-state index in [0.29, 0.717) is 0 Å². The lowest BCUT2D eigenvalue weighted by atomic mass is 9.99. The molecule has 0 amide bonds. The lowest BCUT2D eigenvalue weighted by Gasteiger charge is -2.06. The largest absolute Gasteiger partial charge is 0.0622 e. The quantitative estimate of drug-likeness (QED) is 0.711. The highest BCUT2D eigenvalue weighted by Gasteiger charge is 2.00. The van der Waals surface area contributed by atoms with Crippen LogP contribution >= 0.6 is 0 Å².